The molecule has 1 aliphatic rings. The molecule has 12 nitrogen and oxygen atoms in total. The van der Waals surface area contributed by atoms with Crippen LogP contribution in [0.4, 0.5) is 0 Å². The number of hydrogen-bond acceptors (Lipinski definition) is 12. The fourth-order valence-corrected chi connectivity index (χ4v) is 4.48. The predicted molar refractivity (Wildman–Crippen MR) is 147 cm³/mol. The number of ether oxygens (including phenoxy) is 3. The summed E-state index contributed by atoms with van der Waals surface area (Å²) in [5, 5.41) is 60.7. The van der Waals surface area contributed by atoms with Gasteiger partial charge in [-0.05, 0) is 55.0 Å². The molecular formula is C30H26O12. The molecule has 6 N–H and O–H groups in total. The molecule has 2 heterocycles. The highest BCUT2D eigenvalue weighted by Gasteiger charge is 2.46. The van der Waals surface area contributed by atoms with Gasteiger partial charge in [-0.1, -0.05) is 12.1 Å². The summed E-state index contributed by atoms with van der Waals surface area (Å²) < 4.78 is 22.6. The van der Waals surface area contributed by atoms with Crippen molar-refractivity contribution in [2.24, 2.45) is 0 Å². The molecule has 0 radical (unpaired) electrons. The summed E-state index contributed by atoms with van der Waals surface area (Å²) >= 11 is 0. The number of esters is 1. The number of aliphatic hydroxyl groups excluding tert-OH is 2. The molecule has 0 spiro atoms. The van der Waals surface area contributed by atoms with Gasteiger partial charge in [0.25, 0.3) is 0 Å². The van der Waals surface area contributed by atoms with Gasteiger partial charge in [0.1, 0.15) is 46.2 Å². The summed E-state index contributed by atoms with van der Waals surface area (Å²) in [5.74, 6) is -2.47. The van der Waals surface area contributed by atoms with Gasteiger partial charge >= 0.3 is 5.97 Å². The summed E-state index contributed by atoms with van der Waals surface area (Å²) in [6.45, 7) is 1.46. The monoisotopic (exact) mass is 578 g/mol. The topological polar surface area (TPSA) is 196 Å². The number of aromatic hydroxyl groups is 4. The molecule has 0 bridgehead atoms. The second kappa shape index (κ2) is 11.4. The van der Waals surface area contributed by atoms with Crippen LogP contribution in [0.1, 0.15) is 12.5 Å². The fourth-order valence-electron chi connectivity index (χ4n) is 4.48. The van der Waals surface area contributed by atoms with Crippen LogP contribution < -0.4 is 10.2 Å². The first-order valence-corrected chi connectivity index (χ1v) is 12.7. The number of phenols is 4. The number of aliphatic hydroxyl groups is 2. The molecule has 0 saturated carbocycles. The molecule has 5 atom stereocenters. The molecule has 5 rings (SSSR count). The lowest BCUT2D eigenvalue weighted by molar-refractivity contribution is -0.271. The average Bonchev–Trinajstić information content (AvgIpc) is 2.95. The van der Waals surface area contributed by atoms with Gasteiger partial charge in [-0.3, -0.25) is 4.79 Å². The molecule has 2 unspecified atom stereocenters. The Bertz CT molecular complexity index is 1690. The summed E-state index contributed by atoms with van der Waals surface area (Å²) in [4.78, 5) is 25.9. The zero-order valence-corrected chi connectivity index (χ0v) is 21.9. The number of carbonyl (C=O) groups excluding carboxylic acids is 1. The van der Waals surface area contributed by atoms with E-state index < -0.39 is 53.6 Å². The summed E-state index contributed by atoms with van der Waals surface area (Å²) in [6, 6.07) is 13.6. The van der Waals surface area contributed by atoms with Crippen molar-refractivity contribution in [3.8, 4) is 40.1 Å². The van der Waals surface area contributed by atoms with Crippen molar-refractivity contribution in [3.05, 3.63) is 82.5 Å². The number of benzene rings is 3. The molecule has 218 valence electrons. The molecule has 1 saturated heterocycles. The maximum Gasteiger partial charge on any atom is 0.331 e. The summed E-state index contributed by atoms with van der Waals surface area (Å²) in [5.41, 5.74) is -0.177. The third-order valence-electron chi connectivity index (χ3n) is 6.62. The van der Waals surface area contributed by atoms with Gasteiger partial charge in [-0.25, -0.2) is 4.79 Å². The second-order valence-corrected chi connectivity index (χ2v) is 9.61. The van der Waals surface area contributed by atoms with Crippen LogP contribution >= 0.6 is 0 Å². The van der Waals surface area contributed by atoms with E-state index in [0.29, 0.717) is 5.56 Å². The Labute approximate surface area is 237 Å². The van der Waals surface area contributed by atoms with Crippen molar-refractivity contribution in [1.82, 2.24) is 0 Å². The van der Waals surface area contributed by atoms with Crippen LogP contribution in [0.25, 0.3) is 28.4 Å². The van der Waals surface area contributed by atoms with Crippen LogP contribution in [0, 0.1) is 0 Å². The smallest absolute Gasteiger partial charge is 0.331 e. The number of hydrogen-bond donors (Lipinski definition) is 6. The molecule has 3 aromatic carbocycles. The number of phenolic OH excluding ortho intramolecular Hbond substituents is 4. The van der Waals surface area contributed by atoms with Crippen LogP contribution in [-0.4, -0.2) is 67.3 Å². The minimum absolute atomic E-state index is 0.0598. The minimum Gasteiger partial charge on any atom is -0.508 e. The molecular weight excluding hydrogens is 552 g/mol. The first-order chi connectivity index (χ1) is 20.0. The van der Waals surface area contributed by atoms with Gasteiger partial charge in [0, 0.05) is 23.8 Å². The van der Waals surface area contributed by atoms with E-state index in [0.717, 1.165) is 18.2 Å². The lowest BCUT2D eigenvalue weighted by Crippen LogP contribution is -2.59. The van der Waals surface area contributed by atoms with Gasteiger partial charge in [0.15, 0.2) is 11.9 Å². The van der Waals surface area contributed by atoms with Crippen molar-refractivity contribution in [1.29, 1.82) is 0 Å². The number of carbonyl (C=O) groups is 1. The Morgan fingerprint density at radius 3 is 2.19 bits per heavy atom. The van der Waals surface area contributed by atoms with E-state index in [9.17, 15) is 40.2 Å². The Kier molecular flexibility index (Phi) is 7.77. The van der Waals surface area contributed by atoms with Crippen molar-refractivity contribution >= 4 is 23.0 Å². The summed E-state index contributed by atoms with van der Waals surface area (Å²) in [6.07, 6.45) is -4.94. The third-order valence-corrected chi connectivity index (χ3v) is 6.62. The zero-order valence-electron chi connectivity index (χ0n) is 21.9. The molecule has 1 fully saturated rings. The quantitative estimate of drug-likeness (QED) is 0.145. The largest absolute Gasteiger partial charge is 0.508 e. The first kappa shape index (κ1) is 28.5. The Balaban J connectivity index is 1.42. The van der Waals surface area contributed by atoms with Crippen molar-refractivity contribution in [2.45, 2.75) is 37.6 Å². The molecule has 0 amide bonds. The van der Waals surface area contributed by atoms with E-state index in [1.165, 1.54) is 49.4 Å². The third kappa shape index (κ3) is 5.72. The predicted octanol–water partition coefficient (Wildman–Crippen LogP) is 2.75. The van der Waals surface area contributed by atoms with Crippen LogP contribution in [0.3, 0.4) is 0 Å². The fraction of sp³-hybridized carbons (Fsp3) is 0.200. The van der Waals surface area contributed by atoms with E-state index >= 15 is 0 Å². The van der Waals surface area contributed by atoms with Crippen molar-refractivity contribution in [2.75, 3.05) is 0 Å². The highest BCUT2D eigenvalue weighted by Crippen LogP contribution is 2.37. The highest BCUT2D eigenvalue weighted by molar-refractivity contribution is 5.88. The Morgan fingerprint density at radius 2 is 1.52 bits per heavy atom. The Hall–Kier alpha value is -5.04. The van der Waals surface area contributed by atoms with Gasteiger partial charge in [0.2, 0.25) is 17.5 Å². The maximum atomic E-state index is 13.5. The number of fused-ring (bicyclic) bond motifs is 1. The zero-order chi connectivity index (χ0) is 30.1. The van der Waals surface area contributed by atoms with E-state index in [4.69, 9.17) is 18.6 Å². The second-order valence-electron chi connectivity index (χ2n) is 9.61. The number of rotatable bonds is 6. The average molecular weight is 579 g/mol. The van der Waals surface area contributed by atoms with Gasteiger partial charge in [0.05, 0.1) is 6.10 Å². The van der Waals surface area contributed by atoms with Crippen LogP contribution in [0.2, 0.25) is 0 Å². The van der Waals surface area contributed by atoms with Crippen molar-refractivity contribution in [3.63, 3.8) is 0 Å². The van der Waals surface area contributed by atoms with Crippen LogP contribution in [0.15, 0.2) is 76.0 Å². The Morgan fingerprint density at radius 1 is 0.881 bits per heavy atom. The van der Waals surface area contributed by atoms with Crippen LogP contribution in [-0.2, 0) is 14.3 Å². The normalized spacial score (nSPS) is 22.3. The van der Waals surface area contributed by atoms with E-state index in [1.807, 2.05) is 0 Å². The molecule has 1 aliphatic heterocycles. The summed E-state index contributed by atoms with van der Waals surface area (Å²) in [7, 11) is 0. The molecule has 1 aromatic heterocycles. The first-order valence-electron chi connectivity index (χ1n) is 12.7. The van der Waals surface area contributed by atoms with Gasteiger partial charge in [-0.2, -0.15) is 0 Å². The van der Waals surface area contributed by atoms with Gasteiger partial charge < -0.3 is 49.3 Å². The highest BCUT2D eigenvalue weighted by atomic mass is 16.7. The SMILES string of the molecule is CC1O[C@@H](Oc2c(-c3ccc(O)cc3)oc3cc(O)cc(O)c3c2=O)[C@@H](O)C(O)[C@H]1OC(=O)/C=C/c1ccc(O)cc1. The lowest BCUT2D eigenvalue weighted by atomic mass is 9.99. The maximum absolute atomic E-state index is 13.5. The van der Waals surface area contributed by atoms with E-state index in [-0.39, 0.29) is 39.5 Å². The minimum atomic E-state index is -1.81. The molecule has 0 aliphatic carbocycles. The molecule has 4 aromatic rings. The molecule has 42 heavy (non-hydrogen) atoms. The molecule has 12 heteroatoms. The van der Waals surface area contributed by atoms with Gasteiger partial charge in [-0.15, -0.1) is 0 Å². The standard InChI is InChI=1S/C30H26O12/c1-14-27(41-22(35)11-4-15-2-7-17(31)8-3-15)25(37)26(38)30(39-14)42-29-24(36)23-20(34)12-19(33)13-21(23)40-28(29)16-5-9-18(32)10-6-16/h2-14,25-27,30-34,37-38H,1H3/b11-4+/t14?,25?,26-,27-,30-/m0/s1. The van der Waals surface area contributed by atoms with Crippen LogP contribution in [0.5, 0.6) is 28.7 Å². The van der Waals surface area contributed by atoms with E-state index in [1.54, 1.807) is 12.1 Å². The van der Waals surface area contributed by atoms with E-state index in [2.05, 4.69) is 0 Å². The lowest BCUT2D eigenvalue weighted by Gasteiger charge is -2.40. The van der Waals surface area contributed by atoms with Crippen molar-refractivity contribution < 1.29 is 54.1 Å².